The zero-order chi connectivity index (χ0) is 37.1. The molecule has 2 N–H and O–H groups in total. The largest absolute Gasteiger partial charge is 0.465 e. The van der Waals surface area contributed by atoms with E-state index >= 15 is 0 Å². The zero-order valence-electron chi connectivity index (χ0n) is 30.3. The van der Waals surface area contributed by atoms with Crippen LogP contribution in [0, 0.1) is 0 Å². The van der Waals surface area contributed by atoms with Crippen LogP contribution < -0.4 is 10.6 Å². The lowest BCUT2D eigenvalue weighted by atomic mass is 10.2. The van der Waals surface area contributed by atoms with Crippen LogP contribution in [0.4, 0.5) is 14.4 Å². The molecule has 0 atom stereocenters. The van der Waals surface area contributed by atoms with Gasteiger partial charge in [-0.2, -0.15) is 0 Å². The van der Waals surface area contributed by atoms with E-state index in [4.69, 9.17) is 18.9 Å². The first-order chi connectivity index (χ1) is 25.4. The van der Waals surface area contributed by atoms with Crippen LogP contribution in [0.15, 0.2) is 91.0 Å². The van der Waals surface area contributed by atoms with E-state index in [1.54, 1.807) is 16.7 Å². The molecule has 0 aliphatic heterocycles. The van der Waals surface area contributed by atoms with E-state index in [9.17, 15) is 19.2 Å². The van der Waals surface area contributed by atoms with Crippen molar-refractivity contribution in [1.29, 1.82) is 0 Å². The zero-order valence-corrected chi connectivity index (χ0v) is 30.3. The highest BCUT2D eigenvalue weighted by atomic mass is 16.6. The van der Waals surface area contributed by atoms with Crippen molar-refractivity contribution >= 4 is 24.2 Å². The molecule has 0 saturated heterocycles. The molecule has 0 saturated carbocycles. The Morgan fingerprint density at radius 3 is 1.37 bits per heavy atom. The third kappa shape index (κ3) is 18.2. The Balaban J connectivity index is 1.46. The average Bonchev–Trinajstić information content (AvgIpc) is 3.17. The fourth-order valence-corrected chi connectivity index (χ4v) is 5.16. The summed E-state index contributed by atoms with van der Waals surface area (Å²) in [6, 6.07) is 28.5. The Labute approximate surface area is 307 Å². The normalized spacial score (nSPS) is 10.6. The topological polar surface area (TPSA) is 136 Å². The molecule has 0 aliphatic rings. The minimum atomic E-state index is -0.484. The minimum absolute atomic E-state index is 0.152. The fourth-order valence-electron chi connectivity index (χ4n) is 5.16. The molecule has 3 amide bonds. The van der Waals surface area contributed by atoms with E-state index in [0.29, 0.717) is 71.6 Å². The first-order valence-corrected chi connectivity index (χ1v) is 18.2. The van der Waals surface area contributed by atoms with Gasteiger partial charge in [-0.1, -0.05) is 91.0 Å². The van der Waals surface area contributed by atoms with E-state index in [-0.39, 0.29) is 32.3 Å². The number of alkyl carbamates (subject to hydrolysis) is 1. The van der Waals surface area contributed by atoms with Crippen LogP contribution in [0.1, 0.15) is 62.1 Å². The van der Waals surface area contributed by atoms with Crippen LogP contribution in [-0.2, 0) is 43.6 Å². The van der Waals surface area contributed by atoms with Gasteiger partial charge in [0, 0.05) is 32.7 Å². The number of nitrogens with one attached hydrogen (secondary N) is 2. The number of nitrogens with zero attached hydrogens (tertiary/aromatic N) is 2. The Kier molecular flexibility index (Phi) is 20.5. The molecule has 0 spiro atoms. The molecule has 0 aromatic heterocycles. The van der Waals surface area contributed by atoms with Crippen molar-refractivity contribution in [3.8, 4) is 0 Å². The number of carbonyl (C=O) groups excluding carboxylic acids is 4. The summed E-state index contributed by atoms with van der Waals surface area (Å²) in [5.74, 6) is -0.289. The van der Waals surface area contributed by atoms with Gasteiger partial charge in [-0.3, -0.25) is 4.79 Å². The van der Waals surface area contributed by atoms with E-state index in [1.807, 2.05) is 91.0 Å². The van der Waals surface area contributed by atoms with Gasteiger partial charge in [0.2, 0.25) is 0 Å². The van der Waals surface area contributed by atoms with Crippen molar-refractivity contribution in [2.24, 2.45) is 0 Å². The molecule has 0 unspecified atom stereocenters. The maximum atomic E-state index is 13.2. The van der Waals surface area contributed by atoms with E-state index in [1.165, 1.54) is 0 Å². The van der Waals surface area contributed by atoms with Gasteiger partial charge in [-0.05, 0) is 68.7 Å². The molecule has 3 aromatic rings. The molecule has 52 heavy (non-hydrogen) atoms. The lowest BCUT2D eigenvalue weighted by Gasteiger charge is -2.24. The standard InChI is InChI=1S/C40H54N4O8/c1-2-49-37(45)30-41-24-12-14-26-43(39(47)51-32-35-20-8-4-9-21-35)28-16-17-29-44(40(48)52-33-36-22-10-5-11-23-36)27-15-13-25-42-38(46)50-31-34-18-6-3-7-19-34/h3-11,18-23,41H,2,12-17,24-33H2,1H3,(H,42,46). The monoisotopic (exact) mass is 718 g/mol. The smallest absolute Gasteiger partial charge is 0.410 e. The van der Waals surface area contributed by atoms with Gasteiger partial charge >= 0.3 is 24.2 Å². The molecule has 3 rings (SSSR count). The van der Waals surface area contributed by atoms with Gasteiger partial charge in [0.15, 0.2) is 0 Å². The van der Waals surface area contributed by atoms with Crippen molar-refractivity contribution in [3.05, 3.63) is 108 Å². The van der Waals surface area contributed by atoms with Crippen LogP contribution in [0.3, 0.4) is 0 Å². The van der Waals surface area contributed by atoms with Crippen LogP contribution in [0.5, 0.6) is 0 Å². The molecule has 0 radical (unpaired) electrons. The molecule has 282 valence electrons. The van der Waals surface area contributed by atoms with E-state index in [2.05, 4.69) is 10.6 Å². The first kappa shape index (κ1) is 41.3. The van der Waals surface area contributed by atoms with Crippen LogP contribution >= 0.6 is 0 Å². The van der Waals surface area contributed by atoms with Gasteiger partial charge < -0.3 is 39.4 Å². The number of hydrogen-bond donors (Lipinski definition) is 2. The van der Waals surface area contributed by atoms with Crippen molar-refractivity contribution in [3.63, 3.8) is 0 Å². The second-order valence-electron chi connectivity index (χ2n) is 12.1. The third-order valence-corrected chi connectivity index (χ3v) is 7.98. The number of carbonyl (C=O) groups is 4. The molecule has 3 aromatic carbocycles. The lowest BCUT2D eigenvalue weighted by Crippen LogP contribution is -2.36. The summed E-state index contributed by atoms with van der Waals surface area (Å²) >= 11 is 0. The summed E-state index contributed by atoms with van der Waals surface area (Å²) in [6.45, 7) is 5.72. The van der Waals surface area contributed by atoms with Crippen LogP contribution in [-0.4, -0.2) is 86.5 Å². The fraction of sp³-hybridized carbons (Fsp3) is 0.450. The van der Waals surface area contributed by atoms with E-state index in [0.717, 1.165) is 29.5 Å². The van der Waals surface area contributed by atoms with Gasteiger partial charge in [-0.25, -0.2) is 14.4 Å². The summed E-state index contributed by atoms with van der Waals surface area (Å²) < 4.78 is 21.5. The Hall–Kier alpha value is -5.10. The summed E-state index contributed by atoms with van der Waals surface area (Å²) in [5.41, 5.74) is 2.72. The number of rotatable bonds is 24. The molecular weight excluding hydrogens is 664 g/mol. The van der Waals surface area contributed by atoms with Crippen molar-refractivity contribution < 1.29 is 38.1 Å². The predicted octanol–water partition coefficient (Wildman–Crippen LogP) is 6.68. The molecule has 0 bridgehead atoms. The molecule has 12 nitrogen and oxygen atoms in total. The second kappa shape index (κ2) is 25.8. The molecule has 0 heterocycles. The van der Waals surface area contributed by atoms with Gasteiger partial charge in [-0.15, -0.1) is 0 Å². The molecule has 0 aliphatic carbocycles. The highest BCUT2D eigenvalue weighted by Crippen LogP contribution is 2.10. The number of benzene rings is 3. The SMILES string of the molecule is CCOC(=O)CNCCCCN(CCCCN(CCCCNC(=O)OCc1ccccc1)C(=O)OCc1ccccc1)C(=O)OCc1ccccc1. The van der Waals surface area contributed by atoms with Gasteiger partial charge in [0.05, 0.1) is 13.2 Å². The highest BCUT2D eigenvalue weighted by molar-refractivity contribution is 5.71. The summed E-state index contributed by atoms with van der Waals surface area (Å²) in [5, 5.41) is 5.84. The molecular formula is C40H54N4O8. The lowest BCUT2D eigenvalue weighted by molar-refractivity contribution is -0.142. The number of hydrogen-bond acceptors (Lipinski definition) is 9. The maximum absolute atomic E-state index is 13.2. The van der Waals surface area contributed by atoms with Crippen molar-refractivity contribution in [1.82, 2.24) is 20.4 Å². The third-order valence-electron chi connectivity index (χ3n) is 7.98. The van der Waals surface area contributed by atoms with Crippen LogP contribution in [0.2, 0.25) is 0 Å². The van der Waals surface area contributed by atoms with Crippen molar-refractivity contribution in [2.45, 2.75) is 65.3 Å². The summed E-state index contributed by atoms with van der Waals surface area (Å²) in [6.07, 6.45) is 2.81. The van der Waals surface area contributed by atoms with Crippen molar-refractivity contribution in [2.75, 3.05) is 52.4 Å². The predicted molar refractivity (Wildman–Crippen MR) is 198 cm³/mol. The number of esters is 1. The summed E-state index contributed by atoms with van der Waals surface area (Å²) in [7, 11) is 0. The van der Waals surface area contributed by atoms with Gasteiger partial charge in [0.1, 0.15) is 19.8 Å². The quantitative estimate of drug-likeness (QED) is 0.0591. The van der Waals surface area contributed by atoms with E-state index < -0.39 is 18.3 Å². The molecule has 0 fully saturated rings. The average molecular weight is 719 g/mol. The van der Waals surface area contributed by atoms with Crippen LogP contribution in [0.25, 0.3) is 0 Å². The maximum Gasteiger partial charge on any atom is 0.410 e. The Morgan fingerprint density at radius 2 is 0.923 bits per heavy atom. The Morgan fingerprint density at radius 1 is 0.519 bits per heavy atom. The summed E-state index contributed by atoms with van der Waals surface area (Å²) in [4.78, 5) is 53.4. The second-order valence-corrected chi connectivity index (χ2v) is 12.1. The van der Waals surface area contributed by atoms with Gasteiger partial charge in [0.25, 0.3) is 0 Å². The first-order valence-electron chi connectivity index (χ1n) is 18.2. The molecule has 12 heteroatoms. The highest BCUT2D eigenvalue weighted by Gasteiger charge is 2.18. The minimum Gasteiger partial charge on any atom is -0.465 e. The number of amides is 3. The number of unbranched alkanes of at least 4 members (excludes halogenated alkanes) is 3. The number of ether oxygens (including phenoxy) is 4. The Bertz CT molecular complexity index is 1430.